The van der Waals surface area contributed by atoms with Crippen LogP contribution in [0.5, 0.6) is 5.75 Å². The molecule has 0 fully saturated rings. The van der Waals surface area contributed by atoms with Gasteiger partial charge in [-0.05, 0) is 73.8 Å². The minimum absolute atomic E-state index is 0.114. The van der Waals surface area contributed by atoms with Gasteiger partial charge in [0.2, 0.25) is 0 Å². The third-order valence-electron chi connectivity index (χ3n) is 3.50. The third-order valence-corrected chi connectivity index (χ3v) is 5.38. The van der Waals surface area contributed by atoms with Crippen LogP contribution in [-0.2, 0) is 0 Å². The van der Waals surface area contributed by atoms with E-state index < -0.39 is 0 Å². The van der Waals surface area contributed by atoms with Gasteiger partial charge in [-0.3, -0.25) is 0 Å². The van der Waals surface area contributed by atoms with Gasteiger partial charge in [-0.2, -0.15) is 0 Å². The second kappa shape index (κ2) is 7.29. The summed E-state index contributed by atoms with van der Waals surface area (Å²) in [5, 5.41) is 0. The molecule has 3 nitrogen and oxygen atoms in total. The Morgan fingerprint density at radius 2 is 1.76 bits per heavy atom. The highest BCUT2D eigenvalue weighted by Crippen LogP contribution is 2.31. The molecule has 1 unspecified atom stereocenters. The fourth-order valence-corrected chi connectivity index (χ4v) is 2.88. The first-order chi connectivity index (χ1) is 10.1. The predicted molar refractivity (Wildman–Crippen MR) is 95.0 cm³/mol. The highest BCUT2D eigenvalue weighted by Gasteiger charge is 2.17. The molecule has 0 aliphatic heterocycles. The third kappa shape index (κ3) is 3.78. The monoisotopic (exact) mass is 412 g/mol. The van der Waals surface area contributed by atoms with Crippen molar-refractivity contribution in [1.29, 1.82) is 0 Å². The molecule has 0 aliphatic rings. The van der Waals surface area contributed by atoms with E-state index in [9.17, 15) is 0 Å². The zero-order valence-electron chi connectivity index (χ0n) is 12.0. The summed E-state index contributed by atoms with van der Waals surface area (Å²) in [6.07, 6.45) is 0. The molecule has 2 rings (SSSR count). The second-order valence-corrected chi connectivity index (χ2v) is 6.44. The summed E-state index contributed by atoms with van der Waals surface area (Å²) in [6.45, 7) is 0.538. The van der Waals surface area contributed by atoms with Crippen LogP contribution in [-0.4, -0.2) is 20.7 Å². The molecule has 5 heteroatoms. The Morgan fingerprint density at radius 1 is 1.10 bits per heavy atom. The fourth-order valence-electron chi connectivity index (χ4n) is 2.23. The molecule has 2 N–H and O–H groups in total. The van der Waals surface area contributed by atoms with Crippen LogP contribution < -0.4 is 15.4 Å². The smallest absolute Gasteiger partial charge is 0.119 e. The molecule has 0 amide bonds. The molecular formula is C16H18Br2N2O. The van der Waals surface area contributed by atoms with Crippen LogP contribution >= 0.6 is 31.9 Å². The van der Waals surface area contributed by atoms with Gasteiger partial charge in [0, 0.05) is 28.2 Å². The summed E-state index contributed by atoms with van der Waals surface area (Å²) < 4.78 is 7.26. The molecule has 0 bridgehead atoms. The fraction of sp³-hybridized carbons (Fsp3) is 0.250. The van der Waals surface area contributed by atoms with E-state index in [1.54, 1.807) is 7.11 Å². The zero-order chi connectivity index (χ0) is 15.4. The van der Waals surface area contributed by atoms with Gasteiger partial charge in [0.25, 0.3) is 0 Å². The molecule has 0 saturated carbocycles. The number of likely N-dealkylation sites (N-methyl/N-ethyl adjacent to an activating group) is 1. The van der Waals surface area contributed by atoms with Crippen molar-refractivity contribution in [2.75, 3.05) is 25.6 Å². The van der Waals surface area contributed by atoms with E-state index in [4.69, 9.17) is 10.5 Å². The highest BCUT2D eigenvalue weighted by molar-refractivity contribution is 9.13. The van der Waals surface area contributed by atoms with Gasteiger partial charge in [-0.1, -0.05) is 6.07 Å². The van der Waals surface area contributed by atoms with Gasteiger partial charge >= 0.3 is 0 Å². The number of halogens is 2. The number of methoxy groups -OCH3 is 1. The lowest BCUT2D eigenvalue weighted by molar-refractivity contribution is 0.415. The van der Waals surface area contributed by atoms with E-state index in [1.165, 1.54) is 5.56 Å². The van der Waals surface area contributed by atoms with Crippen molar-refractivity contribution < 1.29 is 4.74 Å². The quantitative estimate of drug-likeness (QED) is 0.791. The molecule has 0 aliphatic carbocycles. The first-order valence-corrected chi connectivity index (χ1v) is 8.17. The maximum atomic E-state index is 5.99. The van der Waals surface area contributed by atoms with Crippen LogP contribution in [0.1, 0.15) is 11.6 Å². The van der Waals surface area contributed by atoms with Gasteiger partial charge in [0.05, 0.1) is 13.2 Å². The standard InChI is InChI=1S/C16H18Br2N2O/c1-20(12-4-6-13(21-2)7-5-12)16(10-19)11-3-8-14(17)15(18)9-11/h3-9,16H,10,19H2,1-2H3. The normalized spacial score (nSPS) is 12.0. The van der Waals surface area contributed by atoms with Crippen molar-refractivity contribution in [2.45, 2.75) is 6.04 Å². The summed E-state index contributed by atoms with van der Waals surface area (Å²) in [5.41, 5.74) is 8.27. The van der Waals surface area contributed by atoms with E-state index in [0.29, 0.717) is 6.54 Å². The maximum Gasteiger partial charge on any atom is 0.119 e. The number of anilines is 1. The van der Waals surface area contributed by atoms with Crippen LogP contribution in [0.15, 0.2) is 51.4 Å². The highest BCUT2D eigenvalue weighted by atomic mass is 79.9. The number of nitrogens with two attached hydrogens (primary N) is 1. The summed E-state index contributed by atoms with van der Waals surface area (Å²) in [5.74, 6) is 0.850. The zero-order valence-corrected chi connectivity index (χ0v) is 15.2. The Kier molecular flexibility index (Phi) is 5.67. The average Bonchev–Trinajstić information content (AvgIpc) is 2.51. The first kappa shape index (κ1) is 16.3. The Hall–Kier alpha value is -1.04. The van der Waals surface area contributed by atoms with Crippen molar-refractivity contribution in [3.05, 3.63) is 57.0 Å². The number of hydrogen-bond acceptors (Lipinski definition) is 3. The number of benzene rings is 2. The molecular weight excluding hydrogens is 396 g/mol. The Bertz CT molecular complexity index is 602. The Balaban J connectivity index is 2.28. The average molecular weight is 414 g/mol. The first-order valence-electron chi connectivity index (χ1n) is 6.58. The van der Waals surface area contributed by atoms with Crippen LogP contribution in [0.25, 0.3) is 0 Å². The minimum atomic E-state index is 0.114. The van der Waals surface area contributed by atoms with Crippen molar-refractivity contribution in [3.8, 4) is 5.75 Å². The minimum Gasteiger partial charge on any atom is -0.497 e. The van der Waals surface area contributed by atoms with Gasteiger partial charge in [-0.15, -0.1) is 0 Å². The molecule has 21 heavy (non-hydrogen) atoms. The van der Waals surface area contributed by atoms with Crippen molar-refractivity contribution in [2.24, 2.45) is 5.73 Å². The molecule has 0 heterocycles. The van der Waals surface area contributed by atoms with Crippen LogP contribution in [0.3, 0.4) is 0 Å². The largest absolute Gasteiger partial charge is 0.497 e. The molecule has 112 valence electrons. The van der Waals surface area contributed by atoms with Crippen LogP contribution in [0, 0.1) is 0 Å². The van der Waals surface area contributed by atoms with Crippen molar-refractivity contribution in [3.63, 3.8) is 0 Å². The molecule has 0 saturated heterocycles. The molecule has 0 aromatic heterocycles. The van der Waals surface area contributed by atoms with Crippen LogP contribution in [0.2, 0.25) is 0 Å². The van der Waals surface area contributed by atoms with E-state index in [0.717, 1.165) is 20.4 Å². The van der Waals surface area contributed by atoms with Gasteiger partial charge < -0.3 is 15.4 Å². The summed E-state index contributed by atoms with van der Waals surface area (Å²) in [7, 11) is 3.72. The topological polar surface area (TPSA) is 38.5 Å². The lowest BCUT2D eigenvalue weighted by atomic mass is 10.1. The lowest BCUT2D eigenvalue weighted by Crippen LogP contribution is -2.30. The van der Waals surface area contributed by atoms with Crippen molar-refractivity contribution in [1.82, 2.24) is 0 Å². The number of hydrogen-bond donors (Lipinski definition) is 1. The Morgan fingerprint density at radius 3 is 2.29 bits per heavy atom. The van der Waals surface area contributed by atoms with Crippen LogP contribution in [0.4, 0.5) is 5.69 Å². The lowest BCUT2D eigenvalue weighted by Gasteiger charge is -2.30. The van der Waals surface area contributed by atoms with Crippen molar-refractivity contribution >= 4 is 37.5 Å². The summed E-state index contributed by atoms with van der Waals surface area (Å²) in [6, 6.07) is 14.3. The number of ether oxygens (including phenoxy) is 1. The summed E-state index contributed by atoms with van der Waals surface area (Å²) >= 11 is 7.04. The second-order valence-electron chi connectivity index (χ2n) is 4.73. The molecule has 2 aromatic carbocycles. The maximum absolute atomic E-state index is 5.99. The number of rotatable bonds is 5. The van der Waals surface area contributed by atoms with E-state index in [1.807, 2.05) is 30.3 Å². The summed E-state index contributed by atoms with van der Waals surface area (Å²) in [4.78, 5) is 2.18. The predicted octanol–water partition coefficient (Wildman–Crippen LogP) is 4.36. The van der Waals surface area contributed by atoms with E-state index in [2.05, 4.69) is 55.9 Å². The van der Waals surface area contributed by atoms with Gasteiger partial charge in [0.15, 0.2) is 0 Å². The molecule has 0 spiro atoms. The van der Waals surface area contributed by atoms with Gasteiger partial charge in [-0.25, -0.2) is 0 Å². The molecule has 2 aromatic rings. The van der Waals surface area contributed by atoms with Gasteiger partial charge in [0.1, 0.15) is 5.75 Å². The number of nitrogens with zero attached hydrogens (tertiary/aromatic N) is 1. The van der Waals surface area contributed by atoms with E-state index >= 15 is 0 Å². The molecule has 1 atom stereocenters. The van der Waals surface area contributed by atoms with E-state index in [-0.39, 0.29) is 6.04 Å². The Labute approximate surface area is 142 Å². The SMILES string of the molecule is COc1ccc(N(C)C(CN)c2ccc(Br)c(Br)c2)cc1. The molecule has 0 radical (unpaired) electrons.